The monoisotopic (exact) mass is 499 g/mol. The fraction of sp³-hybridized carbons (Fsp3) is 0.615. The second-order valence-corrected chi connectivity index (χ2v) is 12.0. The van der Waals surface area contributed by atoms with Gasteiger partial charge in [-0.15, -0.1) is 0 Å². The summed E-state index contributed by atoms with van der Waals surface area (Å²) >= 11 is 3.57. The van der Waals surface area contributed by atoms with Crippen LogP contribution in [0.2, 0.25) is 0 Å². The van der Waals surface area contributed by atoms with E-state index in [-0.39, 0.29) is 17.6 Å². The molecule has 1 atom stereocenters. The Labute approximate surface area is 199 Å². The van der Waals surface area contributed by atoms with Crippen molar-refractivity contribution in [1.82, 2.24) is 14.9 Å². The van der Waals surface area contributed by atoms with E-state index in [1.54, 1.807) is 0 Å². The highest BCUT2D eigenvalue weighted by Crippen LogP contribution is 2.58. The molecule has 3 saturated carbocycles. The van der Waals surface area contributed by atoms with Crippen molar-refractivity contribution in [1.29, 1.82) is 0 Å². The Morgan fingerprint density at radius 2 is 1.72 bits per heavy atom. The van der Waals surface area contributed by atoms with Gasteiger partial charge in [-0.3, -0.25) is 4.90 Å². The van der Waals surface area contributed by atoms with Crippen molar-refractivity contribution in [3.63, 3.8) is 0 Å². The Morgan fingerprint density at radius 1 is 1.09 bits per heavy atom. The molecular weight excluding hydrogens is 466 g/mol. The van der Waals surface area contributed by atoms with E-state index >= 15 is 0 Å². The maximum absolute atomic E-state index is 12.7. The zero-order valence-electron chi connectivity index (χ0n) is 19.4. The minimum absolute atomic E-state index is 0.0102. The third-order valence-corrected chi connectivity index (χ3v) is 8.59. The van der Waals surface area contributed by atoms with Crippen molar-refractivity contribution >= 4 is 22.0 Å². The summed E-state index contributed by atoms with van der Waals surface area (Å²) in [7, 11) is 0. The van der Waals surface area contributed by atoms with Crippen molar-refractivity contribution in [2.24, 2.45) is 0 Å². The van der Waals surface area contributed by atoms with Crippen LogP contribution >= 0.6 is 15.9 Å². The number of hydrogen-bond donors (Lipinski definition) is 1. The first kappa shape index (κ1) is 22.0. The number of aromatic amines is 1. The number of H-pyrrole nitrogens is 1. The number of nitrogens with zero attached hydrogens (tertiary/aromatic N) is 2. The van der Waals surface area contributed by atoms with Crippen molar-refractivity contribution in [2.75, 3.05) is 6.54 Å². The highest BCUT2D eigenvalue weighted by atomic mass is 79.9. The first-order valence-electron chi connectivity index (χ1n) is 12.0. The van der Waals surface area contributed by atoms with Gasteiger partial charge in [-0.1, -0.05) is 28.1 Å². The number of hydrogen-bond acceptors (Lipinski definition) is 3. The SMILES string of the molecule is CC(C)(C)OC(=O)N1CCCC1c1ncc(C23CCC(c4ccc(Br)cc4)(CC2)CC3)[nH]1. The van der Waals surface area contributed by atoms with Gasteiger partial charge in [-0.05, 0) is 95.2 Å². The van der Waals surface area contributed by atoms with Crippen molar-refractivity contribution < 1.29 is 9.53 Å². The minimum Gasteiger partial charge on any atom is -0.444 e. The van der Waals surface area contributed by atoms with Crippen LogP contribution in [0.15, 0.2) is 34.9 Å². The van der Waals surface area contributed by atoms with E-state index in [2.05, 4.69) is 51.4 Å². The Morgan fingerprint density at radius 3 is 2.34 bits per heavy atom. The molecule has 2 aromatic rings. The molecule has 4 fully saturated rings. The van der Waals surface area contributed by atoms with Crippen molar-refractivity contribution in [2.45, 2.75) is 94.6 Å². The quantitative estimate of drug-likeness (QED) is 0.505. The molecule has 1 amide bonds. The molecule has 1 aromatic carbocycles. The van der Waals surface area contributed by atoms with E-state index in [0.717, 1.165) is 29.7 Å². The third-order valence-electron chi connectivity index (χ3n) is 8.07. The van der Waals surface area contributed by atoms with Crippen LogP contribution in [-0.4, -0.2) is 33.1 Å². The normalized spacial score (nSPS) is 30.0. The van der Waals surface area contributed by atoms with Gasteiger partial charge >= 0.3 is 6.09 Å². The number of aromatic nitrogens is 2. The number of fused-ring (bicyclic) bond motifs is 3. The van der Waals surface area contributed by atoms with Gasteiger partial charge in [0.25, 0.3) is 0 Å². The Bertz CT molecular complexity index is 967. The highest BCUT2D eigenvalue weighted by molar-refractivity contribution is 9.10. The maximum Gasteiger partial charge on any atom is 0.410 e. The zero-order chi connectivity index (χ0) is 22.6. The summed E-state index contributed by atoms with van der Waals surface area (Å²) in [6.45, 7) is 6.48. The molecule has 4 aliphatic rings. The molecule has 5 nitrogen and oxygen atoms in total. The molecule has 1 aliphatic heterocycles. The number of carbonyl (C=O) groups excluding carboxylic acids is 1. The number of rotatable bonds is 3. The number of likely N-dealkylation sites (tertiary alicyclic amines) is 1. The molecule has 6 rings (SSSR count). The van der Waals surface area contributed by atoms with Gasteiger partial charge in [0.15, 0.2) is 0 Å². The summed E-state index contributed by atoms with van der Waals surface area (Å²) in [5, 5.41) is 0. The van der Waals surface area contributed by atoms with Gasteiger partial charge < -0.3 is 9.72 Å². The predicted octanol–water partition coefficient (Wildman–Crippen LogP) is 6.79. The van der Waals surface area contributed by atoms with Gasteiger partial charge in [-0.25, -0.2) is 9.78 Å². The van der Waals surface area contributed by atoms with Crippen LogP contribution < -0.4 is 0 Å². The largest absolute Gasteiger partial charge is 0.444 e. The van der Waals surface area contributed by atoms with E-state index in [4.69, 9.17) is 9.72 Å². The third kappa shape index (κ3) is 3.89. The van der Waals surface area contributed by atoms with Crippen LogP contribution in [0.4, 0.5) is 4.79 Å². The van der Waals surface area contributed by atoms with Gasteiger partial charge in [0.1, 0.15) is 11.4 Å². The Kier molecular flexibility index (Phi) is 5.43. The lowest BCUT2D eigenvalue weighted by molar-refractivity contribution is 0.0218. The zero-order valence-corrected chi connectivity index (χ0v) is 21.0. The topological polar surface area (TPSA) is 58.2 Å². The molecule has 0 radical (unpaired) electrons. The van der Waals surface area contributed by atoms with Crippen LogP contribution in [0.3, 0.4) is 0 Å². The summed E-state index contributed by atoms with van der Waals surface area (Å²) < 4.78 is 6.80. The first-order valence-corrected chi connectivity index (χ1v) is 12.8. The van der Waals surface area contributed by atoms with E-state index in [1.807, 2.05) is 25.7 Å². The molecule has 0 spiro atoms. The highest BCUT2D eigenvalue weighted by Gasteiger charge is 2.51. The number of carbonyl (C=O) groups is 1. The molecule has 1 saturated heterocycles. The lowest BCUT2D eigenvalue weighted by Gasteiger charge is -2.53. The first-order chi connectivity index (χ1) is 15.2. The predicted molar refractivity (Wildman–Crippen MR) is 129 cm³/mol. The maximum atomic E-state index is 12.7. The van der Waals surface area contributed by atoms with Crippen molar-refractivity contribution in [3.8, 4) is 0 Å². The number of nitrogens with one attached hydrogen (secondary N) is 1. The van der Waals surface area contributed by atoms with Crippen molar-refractivity contribution in [3.05, 3.63) is 52.0 Å². The molecule has 6 heteroatoms. The molecule has 3 aliphatic carbocycles. The smallest absolute Gasteiger partial charge is 0.410 e. The number of ether oxygens (including phenoxy) is 1. The molecule has 2 bridgehead atoms. The summed E-state index contributed by atoms with van der Waals surface area (Å²) in [4.78, 5) is 23.1. The molecule has 1 aromatic heterocycles. The lowest BCUT2D eigenvalue weighted by Crippen LogP contribution is -2.46. The van der Waals surface area contributed by atoms with E-state index in [0.29, 0.717) is 5.41 Å². The van der Waals surface area contributed by atoms with Gasteiger partial charge in [0.05, 0.1) is 6.04 Å². The van der Waals surface area contributed by atoms with Crippen LogP contribution in [0.5, 0.6) is 0 Å². The van der Waals surface area contributed by atoms with E-state index in [1.165, 1.54) is 49.8 Å². The number of benzene rings is 1. The van der Waals surface area contributed by atoms with Gasteiger partial charge in [-0.2, -0.15) is 0 Å². The average Bonchev–Trinajstić information content (AvgIpc) is 3.44. The molecule has 1 N–H and O–H groups in total. The molecule has 2 heterocycles. The number of amides is 1. The van der Waals surface area contributed by atoms with E-state index in [9.17, 15) is 4.79 Å². The minimum atomic E-state index is -0.483. The van der Waals surface area contributed by atoms with Crippen LogP contribution in [0.25, 0.3) is 0 Å². The number of halogens is 1. The molecule has 1 unspecified atom stereocenters. The molecular formula is C26H34BrN3O2. The summed E-state index contributed by atoms with van der Waals surface area (Å²) in [6.07, 6.45) is 11.0. The van der Waals surface area contributed by atoms with Gasteiger partial charge in [0.2, 0.25) is 0 Å². The standard InChI is InChI=1S/C26H34BrN3O2/c1-24(2,3)32-23(31)30-16-4-5-20(30)22-28-17-21(29-22)26-13-10-25(11-14-26,12-15-26)18-6-8-19(27)9-7-18/h6-9,17,20H,4-5,10-16H2,1-3H3,(H,28,29). The number of imidazole rings is 1. The van der Waals surface area contributed by atoms with Crippen LogP contribution in [-0.2, 0) is 15.6 Å². The second-order valence-electron chi connectivity index (χ2n) is 11.1. The van der Waals surface area contributed by atoms with Crippen LogP contribution in [0, 0.1) is 0 Å². The van der Waals surface area contributed by atoms with Crippen LogP contribution in [0.1, 0.15) is 95.3 Å². The fourth-order valence-corrected chi connectivity index (χ4v) is 6.46. The summed E-state index contributed by atoms with van der Waals surface area (Å²) in [5.41, 5.74) is 2.83. The second kappa shape index (κ2) is 7.89. The lowest BCUT2D eigenvalue weighted by atomic mass is 9.51. The molecule has 172 valence electrons. The Balaban J connectivity index is 1.32. The van der Waals surface area contributed by atoms with E-state index < -0.39 is 5.60 Å². The summed E-state index contributed by atoms with van der Waals surface area (Å²) in [6, 6.07) is 8.97. The van der Waals surface area contributed by atoms with Gasteiger partial charge in [0, 0.05) is 28.3 Å². The summed E-state index contributed by atoms with van der Waals surface area (Å²) in [5.74, 6) is 0.924. The Hall–Kier alpha value is -1.82. The average molecular weight is 500 g/mol. The fourth-order valence-electron chi connectivity index (χ4n) is 6.19. The molecule has 32 heavy (non-hydrogen) atoms.